The largest absolute Gasteiger partial charge is 0.493 e. The van der Waals surface area contributed by atoms with Crippen molar-refractivity contribution in [1.29, 1.82) is 0 Å². The molecule has 0 atom stereocenters. The number of halogens is 3. The van der Waals surface area contributed by atoms with Crippen LogP contribution in [0.3, 0.4) is 0 Å². The Bertz CT molecular complexity index is 950. The number of sulfone groups is 1. The van der Waals surface area contributed by atoms with E-state index in [1.165, 1.54) is 51.4 Å². The molecule has 1 aromatic carbocycles. The number of hydrogen-bond donors (Lipinski definition) is 0. The Morgan fingerprint density at radius 3 is 2.52 bits per heavy atom. The maximum atomic E-state index is 12.5. The summed E-state index contributed by atoms with van der Waals surface area (Å²) in [5.74, 6) is 0.613. The Morgan fingerprint density at radius 2 is 1.97 bits per heavy atom. The number of alkyl halides is 3. The summed E-state index contributed by atoms with van der Waals surface area (Å²) in [4.78, 5) is 12.4. The van der Waals surface area contributed by atoms with Gasteiger partial charge in [-0.3, -0.25) is 4.79 Å². The molecule has 0 radical (unpaired) electrons. The minimum absolute atomic E-state index is 0.0469. The van der Waals surface area contributed by atoms with Gasteiger partial charge in [0.2, 0.25) is 6.41 Å². The molecule has 0 N–H and O–H groups in total. The monoisotopic (exact) mass is 461 g/mol. The summed E-state index contributed by atoms with van der Waals surface area (Å²) in [6.07, 6.45) is 0.767. The van der Waals surface area contributed by atoms with Gasteiger partial charge in [0.05, 0.1) is 23.0 Å². The molecule has 1 fully saturated rings. The zero-order valence-electron chi connectivity index (χ0n) is 17.6. The fourth-order valence-corrected chi connectivity index (χ4v) is 3.51. The third-order valence-electron chi connectivity index (χ3n) is 4.50. The lowest BCUT2D eigenvalue weighted by molar-refractivity contribution is -0.164. The Morgan fingerprint density at radius 1 is 1.29 bits per heavy atom. The van der Waals surface area contributed by atoms with Crippen LogP contribution in [-0.4, -0.2) is 51.9 Å². The van der Waals surface area contributed by atoms with Crippen molar-refractivity contribution >= 4 is 21.8 Å². The van der Waals surface area contributed by atoms with Gasteiger partial charge in [-0.05, 0) is 50.0 Å². The third kappa shape index (κ3) is 7.93. The van der Waals surface area contributed by atoms with Crippen molar-refractivity contribution < 1.29 is 35.9 Å². The van der Waals surface area contributed by atoms with Crippen LogP contribution in [0.1, 0.15) is 32.3 Å². The molecule has 6 nitrogen and oxygen atoms in total. The lowest BCUT2D eigenvalue weighted by Crippen LogP contribution is -2.16. The highest BCUT2D eigenvalue weighted by atomic mass is 32.2. The van der Waals surface area contributed by atoms with E-state index in [1.54, 1.807) is 0 Å². The Kier molecular flexibility index (Phi) is 8.16. The van der Waals surface area contributed by atoms with Crippen molar-refractivity contribution in [2.75, 3.05) is 26.0 Å². The highest BCUT2D eigenvalue weighted by Crippen LogP contribution is 2.34. The van der Waals surface area contributed by atoms with Crippen molar-refractivity contribution in [3.05, 3.63) is 41.8 Å². The molecule has 1 aliphatic carbocycles. The molecule has 31 heavy (non-hydrogen) atoms. The van der Waals surface area contributed by atoms with Gasteiger partial charge in [0, 0.05) is 24.4 Å². The van der Waals surface area contributed by atoms with Gasteiger partial charge in [0.15, 0.2) is 16.4 Å². The predicted molar refractivity (Wildman–Crippen MR) is 110 cm³/mol. The van der Waals surface area contributed by atoms with Gasteiger partial charge in [0.1, 0.15) is 5.75 Å². The number of carbonyl (C=O) groups excluding carboxylic acids is 1. The van der Waals surface area contributed by atoms with Crippen LogP contribution in [0, 0.1) is 5.92 Å². The molecule has 0 heterocycles. The van der Waals surface area contributed by atoms with E-state index in [9.17, 15) is 26.4 Å². The molecular formula is C21H26F3NO5S. The van der Waals surface area contributed by atoms with Crippen LogP contribution in [0.5, 0.6) is 5.75 Å². The average Bonchev–Trinajstić information content (AvgIpc) is 3.54. The molecule has 1 saturated carbocycles. The van der Waals surface area contributed by atoms with Gasteiger partial charge < -0.3 is 14.4 Å². The van der Waals surface area contributed by atoms with Crippen LogP contribution in [0.4, 0.5) is 13.2 Å². The first-order valence-electron chi connectivity index (χ1n) is 9.72. The minimum atomic E-state index is -4.51. The Balaban J connectivity index is 2.53. The van der Waals surface area contributed by atoms with E-state index in [1.807, 2.05) is 0 Å². The van der Waals surface area contributed by atoms with Gasteiger partial charge >= 0.3 is 6.18 Å². The second-order valence-electron chi connectivity index (χ2n) is 7.33. The molecule has 2 rings (SSSR count). The van der Waals surface area contributed by atoms with Crippen LogP contribution < -0.4 is 4.74 Å². The van der Waals surface area contributed by atoms with Crippen LogP contribution in [0.25, 0.3) is 5.57 Å². The van der Waals surface area contributed by atoms with Gasteiger partial charge in [-0.1, -0.05) is 6.92 Å². The maximum absolute atomic E-state index is 12.5. The predicted octanol–water partition coefficient (Wildman–Crippen LogP) is 4.18. The summed E-state index contributed by atoms with van der Waals surface area (Å²) in [6.45, 7) is 1.83. The lowest BCUT2D eigenvalue weighted by Gasteiger charge is -2.17. The second-order valence-corrected chi connectivity index (χ2v) is 9.61. The molecule has 0 bridgehead atoms. The number of amides is 1. The van der Waals surface area contributed by atoms with Gasteiger partial charge in [-0.25, -0.2) is 8.42 Å². The number of carbonyl (C=O) groups is 1. The van der Waals surface area contributed by atoms with Crippen LogP contribution in [-0.2, 0) is 19.4 Å². The molecule has 0 unspecified atom stereocenters. The molecule has 0 spiro atoms. The summed E-state index contributed by atoms with van der Waals surface area (Å²) in [5, 5.41) is 0. The standard InChI is InChI=1S/C21H26F3NO5S/c1-4-31(27,28)18-7-8-20(29-12-16-5-6-16)19(10-18)17(11-25(3)14-26)9-15(2)30-13-21(22,23)24/h7-11,14,16H,4-6,12-13H2,1-3H3/b15-9+,17-11+. The highest BCUT2D eigenvalue weighted by molar-refractivity contribution is 7.91. The van der Waals surface area contributed by atoms with E-state index < -0.39 is 22.6 Å². The van der Waals surface area contributed by atoms with Crippen molar-refractivity contribution in [2.24, 2.45) is 5.92 Å². The molecule has 10 heteroatoms. The van der Waals surface area contributed by atoms with Crippen LogP contribution in [0.2, 0.25) is 0 Å². The number of allylic oxidation sites excluding steroid dienone is 3. The van der Waals surface area contributed by atoms with E-state index in [0.717, 1.165) is 17.7 Å². The third-order valence-corrected chi connectivity index (χ3v) is 6.24. The summed E-state index contributed by atoms with van der Waals surface area (Å²) in [7, 11) is -2.10. The van der Waals surface area contributed by atoms with Crippen LogP contribution in [0.15, 0.2) is 41.1 Å². The first kappa shape index (κ1) is 24.8. The Labute approximate surface area is 180 Å². The zero-order valence-corrected chi connectivity index (χ0v) is 18.4. The van der Waals surface area contributed by atoms with Crippen molar-refractivity contribution in [1.82, 2.24) is 4.90 Å². The molecule has 1 aromatic rings. The zero-order chi connectivity index (χ0) is 23.2. The molecule has 0 saturated heterocycles. The summed E-state index contributed by atoms with van der Waals surface area (Å²) in [6, 6.07) is 4.36. The molecule has 1 aliphatic rings. The normalized spacial score (nSPS) is 15.5. The van der Waals surface area contributed by atoms with Crippen LogP contribution >= 0.6 is 0 Å². The van der Waals surface area contributed by atoms with E-state index in [4.69, 9.17) is 9.47 Å². The Hall–Kier alpha value is -2.49. The summed E-state index contributed by atoms with van der Waals surface area (Å²) < 4.78 is 72.9. The number of ether oxygens (including phenoxy) is 2. The average molecular weight is 462 g/mol. The van der Waals surface area contributed by atoms with Crippen molar-refractivity contribution in [2.45, 2.75) is 37.8 Å². The van der Waals surface area contributed by atoms with E-state index >= 15 is 0 Å². The van der Waals surface area contributed by atoms with E-state index in [-0.39, 0.29) is 22.0 Å². The number of benzene rings is 1. The molecule has 1 amide bonds. The number of nitrogens with zero attached hydrogens (tertiary/aromatic N) is 1. The quantitative estimate of drug-likeness (QED) is 0.281. The maximum Gasteiger partial charge on any atom is 0.422 e. The van der Waals surface area contributed by atoms with E-state index in [0.29, 0.717) is 30.2 Å². The highest BCUT2D eigenvalue weighted by Gasteiger charge is 2.28. The number of rotatable bonds is 11. The fourth-order valence-electron chi connectivity index (χ4n) is 2.60. The first-order valence-corrected chi connectivity index (χ1v) is 11.4. The molecule has 0 aromatic heterocycles. The minimum Gasteiger partial charge on any atom is -0.493 e. The van der Waals surface area contributed by atoms with Crippen molar-refractivity contribution in [3.8, 4) is 5.75 Å². The lowest BCUT2D eigenvalue weighted by atomic mass is 10.0. The SMILES string of the molecule is CCS(=O)(=O)c1ccc(OCC2CC2)c(C(/C=C(\C)OCC(F)(F)F)=C/N(C)C=O)c1. The van der Waals surface area contributed by atoms with E-state index in [2.05, 4.69) is 0 Å². The van der Waals surface area contributed by atoms with Gasteiger partial charge in [0.25, 0.3) is 0 Å². The molecule has 172 valence electrons. The second kappa shape index (κ2) is 10.2. The smallest absolute Gasteiger partial charge is 0.422 e. The van der Waals surface area contributed by atoms with Crippen molar-refractivity contribution in [3.63, 3.8) is 0 Å². The summed E-state index contributed by atoms with van der Waals surface area (Å²) in [5.41, 5.74) is 0.604. The first-order chi connectivity index (χ1) is 14.4. The van der Waals surface area contributed by atoms with Gasteiger partial charge in [-0.15, -0.1) is 0 Å². The number of hydrogen-bond acceptors (Lipinski definition) is 5. The summed E-state index contributed by atoms with van der Waals surface area (Å²) >= 11 is 0. The van der Waals surface area contributed by atoms with Gasteiger partial charge in [-0.2, -0.15) is 13.2 Å². The fraction of sp³-hybridized carbons (Fsp3) is 0.476. The molecule has 0 aliphatic heterocycles. The topological polar surface area (TPSA) is 72.9 Å². The molecular weight excluding hydrogens is 435 g/mol.